The first kappa shape index (κ1) is 16.5. The summed E-state index contributed by atoms with van der Waals surface area (Å²) in [5.74, 6) is 2.33. The van der Waals surface area contributed by atoms with Gasteiger partial charge in [-0.3, -0.25) is 0 Å². The lowest BCUT2D eigenvalue weighted by atomic mass is 9.78. The van der Waals surface area contributed by atoms with Crippen molar-refractivity contribution in [2.24, 2.45) is 5.73 Å². The third-order valence-corrected chi connectivity index (χ3v) is 4.25. The summed E-state index contributed by atoms with van der Waals surface area (Å²) in [5, 5.41) is 3.33. The van der Waals surface area contributed by atoms with Gasteiger partial charge >= 0.3 is 0 Å². The molecule has 0 radical (unpaired) electrons. The number of anilines is 2. The van der Waals surface area contributed by atoms with Crippen molar-refractivity contribution >= 4 is 11.8 Å². The normalized spacial score (nSPS) is 19.6. The Morgan fingerprint density at radius 3 is 2.79 bits per heavy atom. The Kier molecular flexibility index (Phi) is 5.15. The summed E-state index contributed by atoms with van der Waals surface area (Å²) in [5.41, 5.74) is 13.8. The second kappa shape index (κ2) is 7.49. The summed E-state index contributed by atoms with van der Waals surface area (Å²) < 4.78 is 5.79. The van der Waals surface area contributed by atoms with E-state index in [0.29, 0.717) is 25.0 Å². The number of nitrogens with two attached hydrogens (primary N) is 2. The van der Waals surface area contributed by atoms with Crippen LogP contribution >= 0.6 is 0 Å². The van der Waals surface area contributed by atoms with E-state index in [0.717, 1.165) is 42.1 Å². The molecular formula is C18H25N5O. The van der Waals surface area contributed by atoms with Gasteiger partial charge in [-0.25, -0.2) is 4.98 Å². The molecule has 1 aliphatic carbocycles. The SMILES string of the molecule is CCCOc1ccccc1CNc1cc(C2CC(N)C2)nc(N)n1. The molecule has 1 heterocycles. The van der Waals surface area contributed by atoms with Gasteiger partial charge in [0.1, 0.15) is 11.6 Å². The molecule has 3 rings (SSSR count). The Balaban J connectivity index is 1.68. The number of hydrogen-bond acceptors (Lipinski definition) is 6. The number of para-hydroxylation sites is 1. The average molecular weight is 327 g/mol. The minimum atomic E-state index is 0.283. The minimum absolute atomic E-state index is 0.283. The highest BCUT2D eigenvalue weighted by Crippen LogP contribution is 2.35. The molecule has 0 atom stereocenters. The van der Waals surface area contributed by atoms with Crippen molar-refractivity contribution < 1.29 is 4.74 Å². The molecule has 128 valence electrons. The van der Waals surface area contributed by atoms with E-state index < -0.39 is 0 Å². The smallest absolute Gasteiger partial charge is 0.222 e. The van der Waals surface area contributed by atoms with Gasteiger partial charge in [-0.05, 0) is 25.3 Å². The van der Waals surface area contributed by atoms with E-state index in [9.17, 15) is 0 Å². The third-order valence-electron chi connectivity index (χ3n) is 4.25. The van der Waals surface area contributed by atoms with Crippen LogP contribution in [0, 0.1) is 0 Å². The summed E-state index contributed by atoms with van der Waals surface area (Å²) in [4.78, 5) is 8.63. The van der Waals surface area contributed by atoms with Crippen LogP contribution in [0.5, 0.6) is 5.75 Å². The van der Waals surface area contributed by atoms with Gasteiger partial charge in [0.25, 0.3) is 0 Å². The second-order valence-corrected chi connectivity index (χ2v) is 6.27. The molecule has 5 N–H and O–H groups in total. The Labute approximate surface area is 142 Å². The topological polar surface area (TPSA) is 99.1 Å². The lowest BCUT2D eigenvalue weighted by molar-refractivity contribution is 0.314. The van der Waals surface area contributed by atoms with Gasteiger partial charge in [0.05, 0.1) is 12.3 Å². The molecule has 0 aliphatic heterocycles. The molecule has 1 aromatic carbocycles. The molecule has 0 saturated heterocycles. The second-order valence-electron chi connectivity index (χ2n) is 6.27. The van der Waals surface area contributed by atoms with E-state index >= 15 is 0 Å². The molecule has 24 heavy (non-hydrogen) atoms. The Bertz CT molecular complexity index is 685. The van der Waals surface area contributed by atoms with E-state index in [-0.39, 0.29) is 6.04 Å². The first-order valence-electron chi connectivity index (χ1n) is 8.50. The van der Waals surface area contributed by atoms with Gasteiger partial charge in [0.2, 0.25) is 5.95 Å². The predicted octanol–water partition coefficient (Wildman–Crippen LogP) is 2.66. The van der Waals surface area contributed by atoms with Crippen LogP contribution < -0.4 is 21.5 Å². The fraction of sp³-hybridized carbons (Fsp3) is 0.444. The van der Waals surface area contributed by atoms with Crippen LogP contribution in [0.15, 0.2) is 30.3 Å². The fourth-order valence-electron chi connectivity index (χ4n) is 2.88. The Morgan fingerprint density at radius 2 is 2.04 bits per heavy atom. The van der Waals surface area contributed by atoms with E-state index in [4.69, 9.17) is 16.2 Å². The lowest BCUT2D eigenvalue weighted by Crippen LogP contribution is -2.35. The highest BCUT2D eigenvalue weighted by atomic mass is 16.5. The number of rotatable bonds is 7. The summed E-state index contributed by atoms with van der Waals surface area (Å²) in [6, 6.07) is 10.3. The monoisotopic (exact) mass is 327 g/mol. The molecular weight excluding hydrogens is 302 g/mol. The van der Waals surface area contributed by atoms with Crippen molar-refractivity contribution in [1.82, 2.24) is 9.97 Å². The zero-order valence-corrected chi connectivity index (χ0v) is 14.0. The first-order chi connectivity index (χ1) is 11.7. The van der Waals surface area contributed by atoms with Crippen LogP contribution in [0.3, 0.4) is 0 Å². The molecule has 6 nitrogen and oxygen atoms in total. The molecule has 2 aromatic rings. The van der Waals surface area contributed by atoms with Gasteiger partial charge in [0.15, 0.2) is 0 Å². The molecule has 1 saturated carbocycles. The van der Waals surface area contributed by atoms with Crippen molar-refractivity contribution in [2.45, 2.75) is 44.7 Å². The number of hydrogen-bond donors (Lipinski definition) is 3. The van der Waals surface area contributed by atoms with Crippen molar-refractivity contribution in [3.05, 3.63) is 41.6 Å². The third kappa shape index (κ3) is 3.94. The Hall–Kier alpha value is -2.34. The quantitative estimate of drug-likeness (QED) is 0.723. The van der Waals surface area contributed by atoms with Gasteiger partial charge < -0.3 is 21.5 Å². The number of nitrogens with zero attached hydrogens (tertiary/aromatic N) is 2. The van der Waals surface area contributed by atoms with Crippen LogP contribution in [0.25, 0.3) is 0 Å². The fourth-order valence-corrected chi connectivity index (χ4v) is 2.88. The van der Waals surface area contributed by atoms with Crippen LogP contribution in [-0.4, -0.2) is 22.6 Å². The molecule has 1 fully saturated rings. The molecule has 0 unspecified atom stereocenters. The largest absolute Gasteiger partial charge is 0.493 e. The van der Waals surface area contributed by atoms with Crippen molar-refractivity contribution in [3.63, 3.8) is 0 Å². The summed E-state index contributed by atoms with van der Waals surface area (Å²) in [7, 11) is 0. The minimum Gasteiger partial charge on any atom is -0.493 e. The van der Waals surface area contributed by atoms with Crippen LogP contribution in [0.4, 0.5) is 11.8 Å². The lowest BCUT2D eigenvalue weighted by Gasteiger charge is -2.32. The summed E-state index contributed by atoms with van der Waals surface area (Å²) >= 11 is 0. The molecule has 6 heteroatoms. The van der Waals surface area contributed by atoms with Crippen LogP contribution in [0.2, 0.25) is 0 Å². The van der Waals surface area contributed by atoms with Crippen LogP contribution in [-0.2, 0) is 6.54 Å². The van der Waals surface area contributed by atoms with Gasteiger partial charge in [-0.1, -0.05) is 25.1 Å². The van der Waals surface area contributed by atoms with Gasteiger partial charge in [0, 0.05) is 30.1 Å². The predicted molar refractivity (Wildman–Crippen MR) is 95.9 cm³/mol. The zero-order valence-electron chi connectivity index (χ0n) is 14.0. The van der Waals surface area contributed by atoms with E-state index in [1.54, 1.807) is 0 Å². The number of ether oxygens (including phenoxy) is 1. The number of nitrogen functional groups attached to an aromatic ring is 1. The number of benzene rings is 1. The summed E-state index contributed by atoms with van der Waals surface area (Å²) in [6.45, 7) is 3.43. The highest BCUT2D eigenvalue weighted by molar-refractivity contribution is 5.44. The van der Waals surface area contributed by atoms with Crippen LogP contribution in [0.1, 0.15) is 43.4 Å². The van der Waals surface area contributed by atoms with Crippen molar-refractivity contribution in [1.29, 1.82) is 0 Å². The molecule has 0 spiro atoms. The zero-order chi connectivity index (χ0) is 16.9. The molecule has 1 aromatic heterocycles. The average Bonchev–Trinajstić information content (AvgIpc) is 2.55. The summed E-state index contributed by atoms with van der Waals surface area (Å²) in [6.07, 6.45) is 2.91. The van der Waals surface area contributed by atoms with E-state index in [2.05, 4.69) is 28.3 Å². The van der Waals surface area contributed by atoms with E-state index in [1.165, 1.54) is 0 Å². The van der Waals surface area contributed by atoms with Crippen molar-refractivity contribution in [2.75, 3.05) is 17.7 Å². The first-order valence-corrected chi connectivity index (χ1v) is 8.50. The molecule has 0 bridgehead atoms. The standard InChI is InChI=1S/C18H25N5O/c1-2-7-24-16-6-4-3-5-12(16)11-21-17-10-15(22-18(20)23-17)13-8-14(19)9-13/h3-6,10,13-14H,2,7-9,11,19H2,1H3,(H3,20,21,22,23). The molecule has 0 amide bonds. The van der Waals surface area contributed by atoms with Crippen molar-refractivity contribution in [3.8, 4) is 5.75 Å². The Morgan fingerprint density at radius 1 is 1.25 bits per heavy atom. The highest BCUT2D eigenvalue weighted by Gasteiger charge is 2.29. The molecule has 1 aliphatic rings. The maximum absolute atomic E-state index is 5.87. The maximum atomic E-state index is 5.87. The van der Waals surface area contributed by atoms with E-state index in [1.807, 2.05) is 24.3 Å². The number of aromatic nitrogens is 2. The maximum Gasteiger partial charge on any atom is 0.222 e. The van der Waals surface area contributed by atoms with Gasteiger partial charge in [-0.15, -0.1) is 0 Å². The van der Waals surface area contributed by atoms with Gasteiger partial charge in [-0.2, -0.15) is 4.98 Å². The number of nitrogens with one attached hydrogen (secondary N) is 1.